The van der Waals surface area contributed by atoms with E-state index < -0.39 is 0 Å². The van der Waals surface area contributed by atoms with Crippen LogP contribution in [-0.2, 0) is 13.0 Å². The summed E-state index contributed by atoms with van der Waals surface area (Å²) >= 11 is 1.60. The Bertz CT molecular complexity index is 534. The summed E-state index contributed by atoms with van der Waals surface area (Å²) in [6, 6.07) is 7.65. The van der Waals surface area contributed by atoms with Crippen molar-refractivity contribution in [3.05, 3.63) is 51.5 Å². The summed E-state index contributed by atoms with van der Waals surface area (Å²) < 4.78 is 0. The summed E-state index contributed by atoms with van der Waals surface area (Å²) in [5.74, 6) is 0.0937. The SMILES string of the molecule is CC(=O)c1ccccc1Cc1ncc(CN)s1. The average Bonchev–Trinajstić information content (AvgIpc) is 2.77. The number of hydrogen-bond acceptors (Lipinski definition) is 4. The molecule has 88 valence electrons. The third-order valence-corrected chi connectivity index (χ3v) is 3.56. The summed E-state index contributed by atoms with van der Waals surface area (Å²) in [6.45, 7) is 2.11. The Morgan fingerprint density at radius 2 is 2.18 bits per heavy atom. The monoisotopic (exact) mass is 246 g/mol. The molecule has 4 heteroatoms. The van der Waals surface area contributed by atoms with Crippen LogP contribution in [0.1, 0.15) is 32.7 Å². The molecule has 17 heavy (non-hydrogen) atoms. The van der Waals surface area contributed by atoms with Gasteiger partial charge in [-0.15, -0.1) is 11.3 Å². The van der Waals surface area contributed by atoms with Crippen molar-refractivity contribution in [3.63, 3.8) is 0 Å². The maximum Gasteiger partial charge on any atom is 0.160 e. The van der Waals surface area contributed by atoms with Gasteiger partial charge in [-0.25, -0.2) is 4.98 Å². The number of Topliss-reactive ketones (excluding diaryl/α,β-unsaturated/α-hetero) is 1. The molecule has 0 unspecified atom stereocenters. The van der Waals surface area contributed by atoms with Gasteiger partial charge in [0.2, 0.25) is 0 Å². The highest BCUT2D eigenvalue weighted by Crippen LogP contribution is 2.19. The molecule has 0 amide bonds. The van der Waals surface area contributed by atoms with Crippen LogP contribution in [0.15, 0.2) is 30.5 Å². The lowest BCUT2D eigenvalue weighted by atomic mass is 10.0. The van der Waals surface area contributed by atoms with Crippen LogP contribution >= 0.6 is 11.3 Å². The molecule has 1 heterocycles. The van der Waals surface area contributed by atoms with Crippen LogP contribution in [0.4, 0.5) is 0 Å². The number of nitrogens with two attached hydrogens (primary N) is 1. The first kappa shape index (κ1) is 12.0. The fourth-order valence-corrected chi connectivity index (χ4v) is 2.53. The molecule has 0 saturated heterocycles. The number of nitrogens with zero attached hydrogens (tertiary/aromatic N) is 1. The number of aromatic nitrogens is 1. The fraction of sp³-hybridized carbons (Fsp3) is 0.231. The number of benzene rings is 1. The number of carbonyl (C=O) groups is 1. The number of ketones is 1. The van der Waals surface area contributed by atoms with E-state index in [0.29, 0.717) is 13.0 Å². The molecule has 0 spiro atoms. The second kappa shape index (κ2) is 5.21. The van der Waals surface area contributed by atoms with Crippen molar-refractivity contribution in [2.75, 3.05) is 0 Å². The third kappa shape index (κ3) is 2.78. The lowest BCUT2D eigenvalue weighted by Crippen LogP contribution is -1.99. The highest BCUT2D eigenvalue weighted by atomic mass is 32.1. The van der Waals surface area contributed by atoms with E-state index in [9.17, 15) is 4.79 Å². The maximum atomic E-state index is 11.5. The first-order valence-corrected chi connectivity index (χ1v) is 6.25. The van der Waals surface area contributed by atoms with Gasteiger partial charge in [0, 0.05) is 29.6 Å². The van der Waals surface area contributed by atoms with E-state index in [4.69, 9.17) is 5.73 Å². The fourth-order valence-electron chi connectivity index (χ4n) is 1.70. The lowest BCUT2D eigenvalue weighted by molar-refractivity contribution is 0.101. The molecule has 0 aliphatic carbocycles. The molecule has 2 rings (SSSR count). The van der Waals surface area contributed by atoms with E-state index in [0.717, 1.165) is 21.0 Å². The Kier molecular flexibility index (Phi) is 3.66. The highest BCUT2D eigenvalue weighted by Gasteiger charge is 2.09. The van der Waals surface area contributed by atoms with Gasteiger partial charge < -0.3 is 5.73 Å². The Hall–Kier alpha value is -1.52. The minimum absolute atomic E-state index is 0.0937. The van der Waals surface area contributed by atoms with Gasteiger partial charge in [-0.2, -0.15) is 0 Å². The third-order valence-electron chi connectivity index (χ3n) is 2.54. The van der Waals surface area contributed by atoms with Crippen LogP contribution in [0.3, 0.4) is 0 Å². The van der Waals surface area contributed by atoms with Gasteiger partial charge >= 0.3 is 0 Å². The Morgan fingerprint density at radius 1 is 1.41 bits per heavy atom. The van der Waals surface area contributed by atoms with Crippen molar-refractivity contribution < 1.29 is 4.79 Å². The quantitative estimate of drug-likeness (QED) is 0.843. The predicted molar refractivity (Wildman–Crippen MR) is 69.3 cm³/mol. The zero-order valence-electron chi connectivity index (χ0n) is 9.64. The molecule has 1 aromatic heterocycles. The van der Waals surface area contributed by atoms with Crippen LogP contribution in [0.5, 0.6) is 0 Å². The summed E-state index contributed by atoms with van der Waals surface area (Å²) in [4.78, 5) is 16.9. The van der Waals surface area contributed by atoms with Crippen LogP contribution in [0.25, 0.3) is 0 Å². The Labute approximate surface area is 104 Å². The molecule has 0 radical (unpaired) electrons. The van der Waals surface area contributed by atoms with Gasteiger partial charge in [-0.05, 0) is 12.5 Å². The average molecular weight is 246 g/mol. The number of rotatable bonds is 4. The van der Waals surface area contributed by atoms with E-state index in [1.165, 1.54) is 0 Å². The summed E-state index contributed by atoms with van der Waals surface area (Å²) in [5.41, 5.74) is 7.35. The molecule has 0 saturated carbocycles. The molecule has 0 atom stereocenters. The molecule has 1 aromatic carbocycles. The van der Waals surface area contributed by atoms with Crippen molar-refractivity contribution >= 4 is 17.1 Å². The standard InChI is InChI=1S/C13H14N2OS/c1-9(16)12-5-3-2-4-10(12)6-13-15-8-11(7-14)17-13/h2-5,8H,6-7,14H2,1H3. The van der Waals surface area contributed by atoms with Crippen molar-refractivity contribution in [2.45, 2.75) is 19.9 Å². The topological polar surface area (TPSA) is 56.0 Å². The van der Waals surface area contributed by atoms with E-state index in [2.05, 4.69) is 4.98 Å². The van der Waals surface area contributed by atoms with Gasteiger partial charge in [0.1, 0.15) is 0 Å². The van der Waals surface area contributed by atoms with Crippen LogP contribution in [0, 0.1) is 0 Å². The zero-order valence-corrected chi connectivity index (χ0v) is 10.5. The first-order chi connectivity index (χ1) is 8.20. The van der Waals surface area contributed by atoms with Gasteiger partial charge in [0.15, 0.2) is 5.78 Å². The summed E-state index contributed by atoms with van der Waals surface area (Å²) in [6.07, 6.45) is 2.50. The van der Waals surface area contributed by atoms with E-state index >= 15 is 0 Å². The van der Waals surface area contributed by atoms with Crippen molar-refractivity contribution in [1.82, 2.24) is 4.98 Å². The first-order valence-electron chi connectivity index (χ1n) is 5.43. The number of carbonyl (C=O) groups excluding carboxylic acids is 1. The summed E-state index contributed by atoms with van der Waals surface area (Å²) in [5, 5.41) is 0.999. The molecular weight excluding hydrogens is 232 g/mol. The predicted octanol–water partition coefficient (Wildman–Crippen LogP) is 2.40. The second-order valence-electron chi connectivity index (χ2n) is 3.81. The summed E-state index contributed by atoms with van der Waals surface area (Å²) in [7, 11) is 0. The van der Waals surface area contributed by atoms with Gasteiger partial charge in [-0.3, -0.25) is 4.79 Å². The van der Waals surface area contributed by atoms with E-state index in [1.54, 1.807) is 24.5 Å². The van der Waals surface area contributed by atoms with Crippen molar-refractivity contribution in [2.24, 2.45) is 5.73 Å². The Morgan fingerprint density at radius 3 is 2.82 bits per heavy atom. The van der Waals surface area contributed by atoms with E-state index in [1.807, 2.05) is 24.3 Å². The zero-order chi connectivity index (χ0) is 12.3. The Balaban J connectivity index is 2.26. The molecule has 0 fully saturated rings. The molecule has 0 aliphatic rings. The second-order valence-corrected chi connectivity index (χ2v) is 5.01. The van der Waals surface area contributed by atoms with Crippen molar-refractivity contribution in [3.8, 4) is 0 Å². The molecular formula is C13H14N2OS. The van der Waals surface area contributed by atoms with Gasteiger partial charge in [0.05, 0.1) is 5.01 Å². The smallest absolute Gasteiger partial charge is 0.160 e. The van der Waals surface area contributed by atoms with Crippen LogP contribution in [-0.4, -0.2) is 10.8 Å². The van der Waals surface area contributed by atoms with Crippen LogP contribution in [0.2, 0.25) is 0 Å². The molecule has 2 aromatic rings. The minimum Gasteiger partial charge on any atom is -0.326 e. The van der Waals surface area contributed by atoms with Gasteiger partial charge in [-0.1, -0.05) is 24.3 Å². The molecule has 2 N–H and O–H groups in total. The van der Waals surface area contributed by atoms with Crippen LogP contribution < -0.4 is 5.73 Å². The maximum absolute atomic E-state index is 11.5. The largest absolute Gasteiger partial charge is 0.326 e. The normalized spacial score (nSPS) is 10.5. The minimum atomic E-state index is 0.0937. The van der Waals surface area contributed by atoms with Gasteiger partial charge in [0.25, 0.3) is 0 Å². The van der Waals surface area contributed by atoms with Crippen molar-refractivity contribution in [1.29, 1.82) is 0 Å². The molecule has 0 aliphatic heterocycles. The lowest BCUT2D eigenvalue weighted by Gasteiger charge is -2.04. The molecule has 3 nitrogen and oxygen atoms in total. The number of thiazole rings is 1. The molecule has 0 bridgehead atoms. The highest BCUT2D eigenvalue weighted by molar-refractivity contribution is 7.11. The number of hydrogen-bond donors (Lipinski definition) is 1. The van der Waals surface area contributed by atoms with E-state index in [-0.39, 0.29) is 5.78 Å².